The van der Waals surface area contributed by atoms with Crippen molar-refractivity contribution in [3.8, 4) is 0 Å². The van der Waals surface area contributed by atoms with Gasteiger partial charge >= 0.3 is 6.03 Å². The van der Waals surface area contributed by atoms with Crippen LogP contribution in [0, 0.1) is 0 Å². The van der Waals surface area contributed by atoms with Crippen LogP contribution in [-0.4, -0.2) is 17.7 Å². The normalized spacial score (nSPS) is 11.9. The summed E-state index contributed by atoms with van der Waals surface area (Å²) in [6, 6.07) is 22.5. The summed E-state index contributed by atoms with van der Waals surface area (Å²) in [6.07, 6.45) is -0.727. The van der Waals surface area contributed by atoms with Gasteiger partial charge in [-0.2, -0.15) is 0 Å². The molecule has 1 atom stereocenters. The SMILES string of the molecule is O=C(NC[C@H](O)c1ccccc1)Nc1cccc2ccccc12. The number of amides is 2. The van der Waals surface area contributed by atoms with Crippen LogP contribution < -0.4 is 10.6 Å². The average molecular weight is 306 g/mol. The van der Waals surface area contributed by atoms with Gasteiger partial charge in [0.15, 0.2) is 0 Å². The molecule has 0 aliphatic rings. The van der Waals surface area contributed by atoms with Gasteiger partial charge in [0.25, 0.3) is 0 Å². The van der Waals surface area contributed by atoms with Crippen molar-refractivity contribution in [1.82, 2.24) is 5.32 Å². The number of carbonyl (C=O) groups is 1. The van der Waals surface area contributed by atoms with Crippen molar-refractivity contribution < 1.29 is 9.90 Å². The third-order valence-corrected chi connectivity index (χ3v) is 3.68. The third kappa shape index (κ3) is 3.67. The van der Waals surface area contributed by atoms with E-state index in [9.17, 15) is 9.90 Å². The van der Waals surface area contributed by atoms with Crippen molar-refractivity contribution in [3.05, 3.63) is 78.4 Å². The number of anilines is 1. The van der Waals surface area contributed by atoms with E-state index in [-0.39, 0.29) is 12.6 Å². The van der Waals surface area contributed by atoms with Gasteiger partial charge in [0, 0.05) is 11.9 Å². The Morgan fingerprint density at radius 1 is 0.913 bits per heavy atom. The number of hydrogen-bond donors (Lipinski definition) is 3. The first kappa shape index (κ1) is 15.1. The van der Waals surface area contributed by atoms with Crippen LogP contribution in [0.4, 0.5) is 10.5 Å². The van der Waals surface area contributed by atoms with Crippen molar-refractivity contribution in [3.63, 3.8) is 0 Å². The van der Waals surface area contributed by atoms with E-state index in [0.717, 1.165) is 22.0 Å². The number of urea groups is 1. The molecule has 116 valence electrons. The summed E-state index contributed by atoms with van der Waals surface area (Å²) in [5.74, 6) is 0. The fourth-order valence-corrected chi connectivity index (χ4v) is 2.48. The van der Waals surface area contributed by atoms with Crippen LogP contribution in [0.1, 0.15) is 11.7 Å². The molecule has 3 aromatic rings. The van der Waals surface area contributed by atoms with Crippen molar-refractivity contribution >= 4 is 22.5 Å². The first-order valence-electron chi connectivity index (χ1n) is 7.49. The molecule has 0 unspecified atom stereocenters. The van der Waals surface area contributed by atoms with E-state index >= 15 is 0 Å². The van der Waals surface area contributed by atoms with Gasteiger partial charge in [-0.05, 0) is 17.0 Å². The second kappa shape index (κ2) is 6.94. The second-order valence-electron chi connectivity index (χ2n) is 5.29. The molecule has 3 aromatic carbocycles. The van der Waals surface area contributed by atoms with Crippen molar-refractivity contribution in [1.29, 1.82) is 0 Å². The van der Waals surface area contributed by atoms with Gasteiger partial charge in [-0.25, -0.2) is 4.79 Å². The highest BCUT2D eigenvalue weighted by Gasteiger charge is 2.10. The summed E-state index contributed by atoms with van der Waals surface area (Å²) >= 11 is 0. The largest absolute Gasteiger partial charge is 0.387 e. The molecule has 4 nitrogen and oxygen atoms in total. The van der Waals surface area contributed by atoms with E-state index in [2.05, 4.69) is 10.6 Å². The van der Waals surface area contributed by atoms with Gasteiger partial charge in [0.1, 0.15) is 0 Å². The Hall–Kier alpha value is -2.85. The lowest BCUT2D eigenvalue weighted by molar-refractivity contribution is 0.175. The van der Waals surface area contributed by atoms with Crippen LogP contribution in [0.3, 0.4) is 0 Å². The zero-order valence-corrected chi connectivity index (χ0v) is 12.6. The summed E-state index contributed by atoms with van der Waals surface area (Å²) in [5.41, 5.74) is 1.52. The fraction of sp³-hybridized carbons (Fsp3) is 0.105. The second-order valence-corrected chi connectivity index (χ2v) is 5.29. The molecular weight excluding hydrogens is 288 g/mol. The van der Waals surface area contributed by atoms with E-state index in [1.165, 1.54) is 0 Å². The average Bonchev–Trinajstić information content (AvgIpc) is 2.61. The molecule has 0 heterocycles. The minimum Gasteiger partial charge on any atom is -0.387 e. The molecule has 0 bridgehead atoms. The van der Waals surface area contributed by atoms with Crippen LogP contribution in [0.5, 0.6) is 0 Å². The summed E-state index contributed by atoms with van der Waals surface area (Å²) in [7, 11) is 0. The van der Waals surface area contributed by atoms with Gasteiger partial charge in [-0.15, -0.1) is 0 Å². The Balaban J connectivity index is 1.63. The summed E-state index contributed by atoms with van der Waals surface area (Å²) < 4.78 is 0. The molecule has 0 saturated heterocycles. The molecule has 0 saturated carbocycles. The van der Waals surface area contributed by atoms with Crippen LogP contribution in [-0.2, 0) is 0 Å². The van der Waals surface area contributed by atoms with Crippen LogP contribution in [0.15, 0.2) is 72.8 Å². The van der Waals surface area contributed by atoms with E-state index < -0.39 is 6.10 Å². The highest BCUT2D eigenvalue weighted by molar-refractivity contribution is 6.01. The Bertz CT molecular complexity index is 797. The number of carbonyl (C=O) groups excluding carboxylic acids is 1. The zero-order valence-electron chi connectivity index (χ0n) is 12.6. The Morgan fingerprint density at radius 3 is 2.43 bits per heavy atom. The van der Waals surface area contributed by atoms with E-state index in [4.69, 9.17) is 0 Å². The van der Waals surface area contributed by atoms with Gasteiger partial charge in [-0.1, -0.05) is 66.7 Å². The predicted octanol–water partition coefficient (Wildman–Crippen LogP) is 3.69. The lowest BCUT2D eigenvalue weighted by atomic mass is 10.1. The molecule has 0 aliphatic heterocycles. The molecule has 3 rings (SSSR count). The number of rotatable bonds is 4. The third-order valence-electron chi connectivity index (χ3n) is 3.68. The maximum absolute atomic E-state index is 12.1. The molecule has 4 heteroatoms. The Kier molecular flexibility index (Phi) is 4.54. The maximum Gasteiger partial charge on any atom is 0.319 e. The standard InChI is InChI=1S/C19H18N2O2/c22-18(15-8-2-1-3-9-15)13-20-19(23)21-17-12-6-10-14-7-4-5-11-16(14)17/h1-12,18,22H,13H2,(H2,20,21,23)/t18-/m0/s1. The molecule has 23 heavy (non-hydrogen) atoms. The van der Waals surface area contributed by atoms with E-state index in [0.29, 0.717) is 0 Å². The minimum absolute atomic E-state index is 0.153. The number of nitrogens with one attached hydrogen (secondary N) is 2. The number of hydrogen-bond acceptors (Lipinski definition) is 2. The topological polar surface area (TPSA) is 61.4 Å². The monoisotopic (exact) mass is 306 g/mol. The predicted molar refractivity (Wildman–Crippen MR) is 92.4 cm³/mol. The fourth-order valence-electron chi connectivity index (χ4n) is 2.48. The molecule has 0 aliphatic carbocycles. The van der Waals surface area contributed by atoms with Gasteiger partial charge in [-0.3, -0.25) is 0 Å². The minimum atomic E-state index is -0.727. The van der Waals surface area contributed by atoms with Crippen molar-refractivity contribution in [2.45, 2.75) is 6.10 Å². The highest BCUT2D eigenvalue weighted by atomic mass is 16.3. The first-order chi connectivity index (χ1) is 11.2. The lowest BCUT2D eigenvalue weighted by Gasteiger charge is -2.13. The molecule has 2 amide bonds. The zero-order chi connectivity index (χ0) is 16.1. The van der Waals surface area contributed by atoms with Crippen molar-refractivity contribution in [2.24, 2.45) is 0 Å². The van der Waals surface area contributed by atoms with E-state index in [1.54, 1.807) is 0 Å². The van der Waals surface area contributed by atoms with Crippen LogP contribution >= 0.6 is 0 Å². The van der Waals surface area contributed by atoms with Crippen LogP contribution in [0.2, 0.25) is 0 Å². The molecule has 3 N–H and O–H groups in total. The molecule has 0 spiro atoms. The maximum atomic E-state index is 12.1. The summed E-state index contributed by atoms with van der Waals surface area (Å²) in [6.45, 7) is 0.153. The number of benzene rings is 3. The number of fused-ring (bicyclic) bond motifs is 1. The summed E-state index contributed by atoms with van der Waals surface area (Å²) in [4.78, 5) is 12.1. The van der Waals surface area contributed by atoms with Crippen LogP contribution in [0.25, 0.3) is 10.8 Å². The highest BCUT2D eigenvalue weighted by Crippen LogP contribution is 2.22. The number of aliphatic hydroxyl groups excluding tert-OH is 1. The number of aliphatic hydroxyl groups is 1. The quantitative estimate of drug-likeness (QED) is 0.688. The van der Waals surface area contributed by atoms with Gasteiger partial charge < -0.3 is 15.7 Å². The first-order valence-corrected chi connectivity index (χ1v) is 7.49. The molecular formula is C19H18N2O2. The van der Waals surface area contributed by atoms with Gasteiger partial charge in [0.05, 0.1) is 11.8 Å². The Morgan fingerprint density at radius 2 is 1.61 bits per heavy atom. The summed E-state index contributed by atoms with van der Waals surface area (Å²) in [5, 5.41) is 17.6. The van der Waals surface area contributed by atoms with E-state index in [1.807, 2.05) is 72.8 Å². The molecule has 0 aromatic heterocycles. The van der Waals surface area contributed by atoms with Crippen molar-refractivity contribution in [2.75, 3.05) is 11.9 Å². The van der Waals surface area contributed by atoms with Gasteiger partial charge in [0.2, 0.25) is 0 Å². The smallest absolute Gasteiger partial charge is 0.319 e. The molecule has 0 fully saturated rings. The lowest BCUT2D eigenvalue weighted by Crippen LogP contribution is -2.32. The molecule has 0 radical (unpaired) electrons. The Labute approximate surface area is 134 Å².